The summed E-state index contributed by atoms with van der Waals surface area (Å²) in [6.07, 6.45) is 1.85. The monoisotopic (exact) mass is 444 g/mol. The van der Waals surface area contributed by atoms with E-state index in [2.05, 4.69) is 70.1 Å². The third-order valence-corrected chi connectivity index (χ3v) is 3.74. The fourth-order valence-electron chi connectivity index (χ4n) is 2.39. The van der Waals surface area contributed by atoms with Crippen molar-refractivity contribution in [1.82, 2.24) is 0 Å². The summed E-state index contributed by atoms with van der Waals surface area (Å²) in [5, 5.41) is 3.19. The zero-order valence-corrected chi connectivity index (χ0v) is 16.7. The van der Waals surface area contributed by atoms with E-state index in [1.807, 2.05) is 35.7 Å². The number of aliphatic imine (C=N–C) groups is 1. The molecule has 0 spiro atoms. The molecule has 0 heterocycles. The van der Waals surface area contributed by atoms with Gasteiger partial charge in [0.2, 0.25) is 0 Å². The van der Waals surface area contributed by atoms with Crippen molar-refractivity contribution >= 4 is 38.3 Å². The van der Waals surface area contributed by atoms with Crippen LogP contribution in [0.3, 0.4) is 0 Å². The SMILES string of the molecule is CC(N=Cc1[c-]cc(Cl)cc1)c1cccc2ccccc12.[CH3-].[Cl][Ru+2]. The predicted octanol–water partition coefficient (Wildman–Crippen LogP) is 6.61. The van der Waals surface area contributed by atoms with Gasteiger partial charge >= 0.3 is 27.0 Å². The van der Waals surface area contributed by atoms with Gasteiger partial charge in [-0.1, -0.05) is 48.7 Å². The van der Waals surface area contributed by atoms with Crippen LogP contribution in [-0.2, 0) is 17.3 Å². The molecule has 4 heteroatoms. The molecule has 0 fully saturated rings. The Morgan fingerprint density at radius 3 is 2.46 bits per heavy atom. The molecule has 0 saturated carbocycles. The molecule has 1 nitrogen and oxygen atoms in total. The third-order valence-electron chi connectivity index (χ3n) is 3.51. The van der Waals surface area contributed by atoms with E-state index in [4.69, 9.17) is 11.6 Å². The second kappa shape index (κ2) is 10.6. The van der Waals surface area contributed by atoms with E-state index < -0.39 is 0 Å². The number of benzene rings is 3. The first kappa shape index (κ1) is 20.8. The average Bonchev–Trinajstić information content (AvgIpc) is 2.62. The van der Waals surface area contributed by atoms with Crippen LogP contribution in [0.1, 0.15) is 24.1 Å². The van der Waals surface area contributed by atoms with Crippen LogP contribution in [0, 0.1) is 13.5 Å². The summed E-state index contributed by atoms with van der Waals surface area (Å²) < 4.78 is 0. The number of rotatable bonds is 3. The minimum atomic E-state index is 0. The summed E-state index contributed by atoms with van der Waals surface area (Å²) in [7, 11) is 4.57. The molecular formula is C20H18Cl2NRu. The summed E-state index contributed by atoms with van der Waals surface area (Å²) in [4.78, 5) is 4.65. The van der Waals surface area contributed by atoms with Crippen molar-refractivity contribution in [1.29, 1.82) is 0 Å². The van der Waals surface area contributed by atoms with Gasteiger partial charge in [-0.05, 0) is 28.3 Å². The Balaban J connectivity index is 0.000000925. The molecule has 3 rings (SSSR count). The maximum atomic E-state index is 5.86. The number of nitrogens with zero attached hydrogens (tertiary/aromatic N) is 1. The predicted molar refractivity (Wildman–Crippen MR) is 103 cm³/mol. The average molecular weight is 444 g/mol. The Kier molecular flexibility index (Phi) is 9.22. The van der Waals surface area contributed by atoms with E-state index in [-0.39, 0.29) is 13.5 Å². The summed E-state index contributed by atoms with van der Waals surface area (Å²) in [6.45, 7) is 2.11. The van der Waals surface area contributed by atoms with Gasteiger partial charge in [-0.25, -0.2) is 0 Å². The number of fused-ring (bicyclic) bond motifs is 1. The van der Waals surface area contributed by atoms with E-state index in [1.54, 1.807) is 6.07 Å². The molecule has 1 unspecified atom stereocenters. The van der Waals surface area contributed by atoms with Gasteiger partial charge in [0.15, 0.2) is 0 Å². The van der Waals surface area contributed by atoms with Crippen LogP contribution in [0.5, 0.6) is 0 Å². The van der Waals surface area contributed by atoms with Crippen molar-refractivity contribution in [2.24, 2.45) is 4.99 Å². The Bertz CT molecular complexity index is 780. The molecule has 0 N–H and O–H groups in total. The van der Waals surface area contributed by atoms with Crippen LogP contribution in [0.15, 0.2) is 65.7 Å². The summed E-state index contributed by atoms with van der Waals surface area (Å²) >= 11 is 7.68. The molecule has 3 aromatic carbocycles. The van der Waals surface area contributed by atoms with E-state index in [1.165, 1.54) is 16.3 Å². The molecule has 0 aliphatic carbocycles. The molecule has 1 atom stereocenters. The van der Waals surface area contributed by atoms with Crippen molar-refractivity contribution in [3.8, 4) is 0 Å². The van der Waals surface area contributed by atoms with Gasteiger partial charge in [0.1, 0.15) is 0 Å². The molecule has 3 aromatic rings. The van der Waals surface area contributed by atoms with Crippen LogP contribution >= 0.6 is 21.3 Å². The molecule has 125 valence electrons. The second-order valence-electron chi connectivity index (χ2n) is 4.98. The van der Waals surface area contributed by atoms with Gasteiger partial charge in [0.25, 0.3) is 0 Å². The van der Waals surface area contributed by atoms with Gasteiger partial charge in [-0.15, -0.1) is 41.4 Å². The van der Waals surface area contributed by atoms with Crippen LogP contribution < -0.4 is 0 Å². The molecule has 0 bridgehead atoms. The number of hydrogen-bond acceptors (Lipinski definition) is 1. The quantitative estimate of drug-likeness (QED) is 0.245. The van der Waals surface area contributed by atoms with Crippen LogP contribution in [0.25, 0.3) is 10.8 Å². The van der Waals surface area contributed by atoms with Crippen molar-refractivity contribution in [3.63, 3.8) is 0 Å². The van der Waals surface area contributed by atoms with Gasteiger partial charge in [-0.3, -0.25) is 0 Å². The third kappa shape index (κ3) is 5.41. The molecule has 0 saturated heterocycles. The van der Waals surface area contributed by atoms with Gasteiger partial charge in [-0.2, -0.15) is 0 Å². The van der Waals surface area contributed by atoms with Crippen molar-refractivity contribution < 1.29 is 17.3 Å². The van der Waals surface area contributed by atoms with Crippen molar-refractivity contribution in [2.75, 3.05) is 0 Å². The standard InChI is InChI=1S/C19H15ClN.CH3.ClH.Ru/c1-14(21-13-15-9-11-17(20)12-10-15)18-8-4-6-16-5-2-3-7-19(16)18;;;/h2-9,11-14H,1H3;1H3;1H;/q2*-1;;+3/p-1. The first-order valence-electron chi connectivity index (χ1n) is 7.05. The number of halogens is 2. The molecule has 24 heavy (non-hydrogen) atoms. The summed E-state index contributed by atoms with van der Waals surface area (Å²) in [6, 6.07) is 23.5. The Hall–Kier alpha value is -1.21. The number of hydrogen-bond donors (Lipinski definition) is 0. The zero-order valence-electron chi connectivity index (χ0n) is 13.5. The van der Waals surface area contributed by atoms with Crippen LogP contribution in [0.2, 0.25) is 5.02 Å². The van der Waals surface area contributed by atoms with Gasteiger partial charge < -0.3 is 12.4 Å². The van der Waals surface area contributed by atoms with Crippen molar-refractivity contribution in [2.45, 2.75) is 13.0 Å². The zero-order chi connectivity index (χ0) is 16.7. The normalized spacial score (nSPS) is 11.5. The van der Waals surface area contributed by atoms with E-state index >= 15 is 0 Å². The van der Waals surface area contributed by atoms with Gasteiger partial charge in [0, 0.05) is 0 Å². The first-order valence-corrected chi connectivity index (χ1v) is 9.67. The Morgan fingerprint density at radius 1 is 1.04 bits per heavy atom. The Morgan fingerprint density at radius 2 is 1.75 bits per heavy atom. The van der Waals surface area contributed by atoms with Crippen LogP contribution in [-0.4, -0.2) is 6.21 Å². The molecule has 0 radical (unpaired) electrons. The molecule has 0 aliphatic heterocycles. The molecule has 0 aliphatic rings. The summed E-state index contributed by atoms with van der Waals surface area (Å²) in [5.41, 5.74) is 2.17. The van der Waals surface area contributed by atoms with E-state index in [9.17, 15) is 0 Å². The fourth-order valence-corrected chi connectivity index (χ4v) is 2.50. The van der Waals surface area contributed by atoms with E-state index in [0.717, 1.165) is 5.56 Å². The minimum absolute atomic E-state index is 0. The van der Waals surface area contributed by atoms with E-state index in [0.29, 0.717) is 5.02 Å². The first-order chi connectivity index (χ1) is 11.2. The van der Waals surface area contributed by atoms with Gasteiger partial charge in [0.05, 0.1) is 6.04 Å². The summed E-state index contributed by atoms with van der Waals surface area (Å²) in [5.74, 6) is 0. The fraction of sp³-hybridized carbons (Fsp3) is 0.100. The Labute approximate surface area is 163 Å². The molecule has 0 aromatic heterocycles. The molecule has 0 amide bonds. The van der Waals surface area contributed by atoms with Crippen LogP contribution in [0.4, 0.5) is 0 Å². The second-order valence-corrected chi connectivity index (χ2v) is 5.42. The molecular weight excluding hydrogens is 426 g/mol. The topological polar surface area (TPSA) is 12.4 Å². The maximum absolute atomic E-state index is 5.86. The van der Waals surface area contributed by atoms with Crippen molar-refractivity contribution in [3.05, 3.63) is 90.3 Å².